The van der Waals surface area contributed by atoms with Crippen molar-refractivity contribution >= 4 is 0 Å². The third-order valence-electron chi connectivity index (χ3n) is 13.7. The van der Waals surface area contributed by atoms with Crippen LogP contribution in [0.15, 0.2) is 145 Å². The molecule has 8 aromatic rings. The van der Waals surface area contributed by atoms with E-state index < -0.39 is 375 Å². The molecule has 0 aromatic heterocycles. The van der Waals surface area contributed by atoms with Gasteiger partial charge in [0.25, 0.3) is 0 Å². The van der Waals surface area contributed by atoms with Crippen molar-refractivity contribution in [3.63, 3.8) is 0 Å². The molecule has 8 atom stereocenters. The Morgan fingerprint density at radius 3 is 0.625 bits per heavy atom. The number of rotatable bonds is 24. The summed E-state index contributed by atoms with van der Waals surface area (Å²) in [6.45, 7) is -47.7. The molecule has 8 N–H and O–H groups in total. The maximum Gasteiger partial charge on any atom is 0.231 e. The fourth-order valence-electron chi connectivity index (χ4n) is 8.29. The highest BCUT2D eigenvalue weighted by Crippen LogP contribution is 2.39. The molecule has 8 unspecified atom stereocenters. The van der Waals surface area contributed by atoms with Gasteiger partial charge < -0.3 is 118 Å². The zero-order valence-corrected chi connectivity index (χ0v) is 58.8. The van der Waals surface area contributed by atoms with E-state index in [1.54, 1.807) is 10.6 Å². The van der Waals surface area contributed by atoms with Gasteiger partial charge in [-0.15, -0.1) is 0 Å². The molecule has 0 saturated heterocycles. The first-order chi connectivity index (χ1) is 86.0. The summed E-state index contributed by atoms with van der Waals surface area (Å²) < 4.78 is 689. The molecule has 112 heavy (non-hydrogen) atoms. The van der Waals surface area contributed by atoms with Crippen LogP contribution in [0, 0.1) is 0 Å². The van der Waals surface area contributed by atoms with Crippen LogP contribution in [-0.4, -0.2) is 158 Å². The lowest BCUT2D eigenvalue weighted by Crippen LogP contribution is -2.23. The minimum absolute atomic E-state index is 0.0164. The van der Waals surface area contributed by atoms with Crippen molar-refractivity contribution in [1.29, 1.82) is 0 Å². The number of fused-ring (bicyclic) bond motifs is 8. The van der Waals surface area contributed by atoms with Crippen molar-refractivity contribution < 1.29 is 186 Å². The highest BCUT2D eigenvalue weighted by Gasteiger charge is 2.21. The Hall–Kier alpha value is -9.76. The topological polar surface area (TPSA) is 244 Å². The molecule has 608 valence electrons. The van der Waals surface area contributed by atoms with Crippen molar-refractivity contribution in [3.05, 3.63) is 190 Å². The van der Waals surface area contributed by atoms with Gasteiger partial charge in [0.05, 0.1) is 32.9 Å². The summed E-state index contributed by atoms with van der Waals surface area (Å²) >= 11 is 0. The SMILES string of the molecule is [2H]c1c([2H])c2c(c([2H])c1CC([2H])(N([2H])C([2H])([2H])[2H])C([2H])([2H])[2H])OC([2H])([2H])O2.[2H]c1c([2H])c2c(c([2H])c1CC([2H])(N([2H])C([2H])([2H])[2H])C([2H])([2H])[2H])OCO2.[2H]c1c([2H])c2c(c([2H])c1CC([2H])(N([2H])C)C([2H])([2H])[2H])OC([2H])([2H])O2.[2H]c1c([2H])c2c(c([2H])c1CC([2H])(N([2H])C)C([2H])([2H])[2H])OCO2.[2H]c1c([2H])c2c(c([2H])c1CC([2H])(NC([2H])([2H])[2H])C([2H])([2H])[2H])OC([2H])([2H])O2.[2H]c1c([2H])c2c(c([2H])c1CC([2H])(NC([2H])([2H])[2H])C([2H])([2H])[2H])OCO2.[2H]c1c([2H])c2c(c([2H])c1CC([2H])(NC)C([2H])([2H])[2H])OC([2H])([2H])O2.[2H]c1c([2H])c2c(c([2H])c1CC([2H])(NC)C([2H])([2H])[2H])OCO2. The molecule has 16 rings (SSSR count). The van der Waals surface area contributed by atoms with Crippen molar-refractivity contribution in [1.82, 2.24) is 42.5 Å². The number of benzene rings is 8. The molecule has 0 amide bonds. The van der Waals surface area contributed by atoms with Crippen LogP contribution in [0.1, 0.15) is 204 Å². The Kier molecular flexibility index (Phi) is 11.7. The minimum Gasteiger partial charge on any atom is -0.454 e. The zero-order valence-electron chi connectivity index (χ0n) is 139. The van der Waals surface area contributed by atoms with Crippen LogP contribution in [0.3, 0.4) is 0 Å². The Labute approximate surface area is 775 Å². The standard InChI is InChI=1S/8C11H15NO2/c8*1-8(12-2)5-9-3-4-10-11(6-9)14-7-13-10/h8*3-4,6,8,12H,5,7H2,1-2H3/i2*1D3,2D3,3D,4D,6D,7D2,8D;2*1D3,3D,4D,6D,7D2,8D;2*1D3,2D3,3D,4D,6D,8D;2*1D3,3D,4D,6D,8D/hD4. The van der Waals surface area contributed by atoms with E-state index in [0.29, 0.717) is 10.6 Å². The van der Waals surface area contributed by atoms with E-state index in [4.69, 9.17) is 186 Å². The van der Waals surface area contributed by atoms with Gasteiger partial charge in [-0.05, 0) is 303 Å². The van der Waals surface area contributed by atoms with Crippen LogP contribution in [0.5, 0.6) is 92.0 Å². The maximum absolute atomic E-state index is 8.15. The molecule has 0 aliphatic carbocycles. The molecule has 8 heterocycles. The summed E-state index contributed by atoms with van der Waals surface area (Å²) in [6.07, 6.45) is -6.02. The van der Waals surface area contributed by atoms with Crippen molar-refractivity contribution in [2.24, 2.45) is 0 Å². The Balaban J connectivity index is 0.000000238. The molecule has 8 aliphatic heterocycles. The van der Waals surface area contributed by atoms with Crippen molar-refractivity contribution in [2.45, 2.75) is 154 Å². The monoisotopic (exact) mass is 1630 g/mol. The third kappa shape index (κ3) is 27.3. The van der Waals surface area contributed by atoms with Crippen LogP contribution in [0.2, 0.25) is 5.65 Å². The lowest BCUT2D eigenvalue weighted by molar-refractivity contribution is 0.173. The summed E-state index contributed by atoms with van der Waals surface area (Å²) in [5.74, 6) is -4.19. The average Bonchev–Trinajstić information content (AvgIpc) is 1.53. The van der Waals surface area contributed by atoms with Gasteiger partial charge in [-0.25, -0.2) is 0 Å². The van der Waals surface area contributed by atoms with Crippen molar-refractivity contribution in [2.75, 3.05) is 110 Å². The molecule has 24 nitrogen and oxygen atoms in total. The van der Waals surface area contributed by atoms with Crippen LogP contribution in [0.25, 0.3) is 0 Å². The summed E-state index contributed by atoms with van der Waals surface area (Å²) in [5.41, 5.74) is -2.29. The highest BCUT2D eigenvalue weighted by atomic mass is 16.7. The fraction of sp³-hybridized carbons (Fsp3) is 0.455. The number of likely N-dealkylation sites (N-methyl/N-ethyl adjacent to an activating group) is 8. The Bertz CT molecular complexity index is 8070. The number of ether oxygens (including phenoxy) is 16. The van der Waals surface area contributed by atoms with Gasteiger partial charge in [0.1, 0.15) is 16.6 Å². The van der Waals surface area contributed by atoms with Crippen LogP contribution >= 0.6 is 0 Å². The van der Waals surface area contributed by atoms with E-state index in [0.717, 1.165) is 14.1 Å². The largest absolute Gasteiger partial charge is 0.454 e. The fourth-order valence-corrected chi connectivity index (χ4v) is 8.29. The first-order valence-electron chi connectivity index (χ1n) is 71.4. The summed E-state index contributed by atoms with van der Waals surface area (Å²) in [5, 5.41) is 8.40. The van der Waals surface area contributed by atoms with E-state index in [1.807, 2.05) is 0 Å². The minimum atomic E-state index is -3.32. The van der Waals surface area contributed by atoms with Crippen molar-refractivity contribution in [3.8, 4) is 92.0 Å². The second-order valence-corrected chi connectivity index (χ2v) is 21.4. The number of hydrogen-bond acceptors (Lipinski definition) is 24. The van der Waals surface area contributed by atoms with Crippen LogP contribution < -0.4 is 118 Å². The van der Waals surface area contributed by atoms with Gasteiger partial charge in [0.15, 0.2) is 92.0 Å². The quantitative estimate of drug-likeness (QED) is 0.0280. The molecular weight excluding hydrogens is 1430 g/mol. The molecule has 8 aliphatic rings. The highest BCUT2D eigenvalue weighted by molar-refractivity contribution is 5.50. The smallest absolute Gasteiger partial charge is 0.231 e. The van der Waals surface area contributed by atoms with Gasteiger partial charge in [0, 0.05) is 108 Å². The molecule has 0 bridgehead atoms. The summed E-state index contributed by atoms with van der Waals surface area (Å²) in [4.78, 5) is 0. The normalized spacial score (nSPS) is 31.5. The first-order valence-corrected chi connectivity index (χ1v) is 31.6. The molecule has 0 spiro atoms. The number of hydrogen-bond donors (Lipinski definition) is 8. The molecule has 0 saturated carbocycles. The lowest BCUT2D eigenvalue weighted by atomic mass is 10.1. The van der Waals surface area contributed by atoms with E-state index >= 15 is 0 Å². The molecule has 24 heteroatoms. The second kappa shape index (κ2) is 45.1. The van der Waals surface area contributed by atoms with E-state index in [-0.39, 0.29) is 154 Å². The summed E-state index contributed by atoms with van der Waals surface area (Å²) in [7, 11) is 4.81. The third-order valence-corrected chi connectivity index (χ3v) is 13.7. The van der Waals surface area contributed by atoms with E-state index in [9.17, 15) is 0 Å². The van der Waals surface area contributed by atoms with E-state index in [2.05, 4.69) is 10.6 Å². The first kappa shape index (κ1) is 29.0. The average molecular weight is 1630 g/mol. The maximum atomic E-state index is 8.15. The predicted octanol–water partition coefficient (Wildman–Crippen LogP) is 12.5. The van der Waals surface area contributed by atoms with Crippen LogP contribution in [-0.2, 0) is 51.4 Å². The van der Waals surface area contributed by atoms with Gasteiger partial charge in [-0.1, -0.05) is 48.3 Å². The predicted molar refractivity (Wildman–Crippen MR) is 438 cm³/mol. The van der Waals surface area contributed by atoms with Gasteiger partial charge in [-0.2, -0.15) is 0 Å². The lowest BCUT2D eigenvalue weighted by Gasteiger charge is -2.10. The summed E-state index contributed by atoms with van der Waals surface area (Å²) in [6, 6.07) is -32.4. The second-order valence-electron chi connectivity index (χ2n) is 21.4. The molecular formula is C88H120N8O16. The van der Waals surface area contributed by atoms with Crippen LogP contribution in [0.4, 0.5) is 0 Å². The zero-order chi connectivity index (χ0) is 149. The molecule has 0 radical (unpaired) electrons. The Morgan fingerprint density at radius 1 is 0.250 bits per heavy atom. The van der Waals surface area contributed by atoms with Gasteiger partial charge in [-0.3, -0.25) is 0 Å². The number of nitrogens with one attached hydrogen (secondary N) is 8. The molecule has 0 fully saturated rings. The van der Waals surface area contributed by atoms with Gasteiger partial charge >= 0.3 is 0 Å². The van der Waals surface area contributed by atoms with E-state index in [1.165, 1.54) is 14.1 Å². The Morgan fingerprint density at radius 2 is 0.429 bits per heavy atom. The van der Waals surface area contributed by atoms with Gasteiger partial charge in [0.2, 0.25) is 54.2 Å². The molecule has 8 aromatic carbocycles.